The Morgan fingerprint density at radius 2 is 1.71 bits per heavy atom. The van der Waals surface area contributed by atoms with Gasteiger partial charge in [0.1, 0.15) is 6.33 Å². The third-order valence-corrected chi connectivity index (χ3v) is 2.88. The van der Waals surface area contributed by atoms with Crippen molar-refractivity contribution < 1.29 is 0 Å². The molecule has 0 aliphatic heterocycles. The number of hydrogen-bond acceptors (Lipinski definition) is 3. The van der Waals surface area contributed by atoms with Gasteiger partial charge in [-0.15, -0.1) is 0 Å². The summed E-state index contributed by atoms with van der Waals surface area (Å²) in [5, 5.41) is 3.24. The number of benzene rings is 1. The molecule has 0 bridgehead atoms. The quantitative estimate of drug-likeness (QED) is 0.871. The van der Waals surface area contributed by atoms with E-state index in [9.17, 15) is 0 Å². The fraction of sp³-hybridized carbons (Fsp3) is 0.286. The zero-order valence-corrected chi connectivity index (χ0v) is 10.2. The molecule has 88 valence electrons. The van der Waals surface area contributed by atoms with Crippen LogP contribution in [0.1, 0.15) is 12.5 Å². The second-order valence-corrected chi connectivity index (χ2v) is 4.22. The predicted molar refractivity (Wildman–Crippen MR) is 69.7 cm³/mol. The molecule has 0 aliphatic rings. The summed E-state index contributed by atoms with van der Waals surface area (Å²) in [6.45, 7) is 2.18. The summed E-state index contributed by atoms with van der Waals surface area (Å²) in [5.41, 5.74) is 3.56. The van der Waals surface area contributed by atoms with Gasteiger partial charge >= 0.3 is 0 Å². The summed E-state index contributed by atoms with van der Waals surface area (Å²) < 4.78 is 0. The second-order valence-electron chi connectivity index (χ2n) is 4.22. The van der Waals surface area contributed by atoms with Gasteiger partial charge in [-0.3, -0.25) is 0 Å². The summed E-state index contributed by atoms with van der Waals surface area (Å²) in [6, 6.07) is 9.07. The number of hydrogen-bond donors (Lipinski definition) is 1. The van der Waals surface area contributed by atoms with Crippen LogP contribution in [0.2, 0.25) is 0 Å². The van der Waals surface area contributed by atoms with Gasteiger partial charge in [-0.25, -0.2) is 9.97 Å². The lowest BCUT2D eigenvalue weighted by Crippen LogP contribution is -2.23. The maximum Gasteiger partial charge on any atom is 0.115 e. The molecule has 0 fully saturated rings. The first-order valence-electron chi connectivity index (χ1n) is 5.81. The molecule has 3 heteroatoms. The zero-order valence-electron chi connectivity index (χ0n) is 10.2. The molecule has 0 saturated heterocycles. The fourth-order valence-electron chi connectivity index (χ4n) is 1.74. The van der Waals surface area contributed by atoms with Crippen LogP contribution >= 0.6 is 0 Å². The SMILES string of the molecule is CNC(C)Cc1ccc(-c2cncnc2)cc1. The van der Waals surface area contributed by atoms with Crippen molar-refractivity contribution in [3.63, 3.8) is 0 Å². The summed E-state index contributed by atoms with van der Waals surface area (Å²) in [4.78, 5) is 8.05. The lowest BCUT2D eigenvalue weighted by molar-refractivity contribution is 0.608. The van der Waals surface area contributed by atoms with Crippen LogP contribution < -0.4 is 5.32 Å². The van der Waals surface area contributed by atoms with E-state index >= 15 is 0 Å². The smallest absolute Gasteiger partial charge is 0.115 e. The number of aromatic nitrogens is 2. The van der Waals surface area contributed by atoms with Crippen LogP contribution in [0.3, 0.4) is 0 Å². The Morgan fingerprint density at radius 3 is 2.29 bits per heavy atom. The van der Waals surface area contributed by atoms with E-state index in [0.717, 1.165) is 17.5 Å². The first kappa shape index (κ1) is 11.7. The van der Waals surface area contributed by atoms with Gasteiger partial charge < -0.3 is 5.32 Å². The minimum absolute atomic E-state index is 0.501. The zero-order chi connectivity index (χ0) is 12.1. The molecule has 0 saturated carbocycles. The van der Waals surface area contributed by atoms with E-state index in [1.165, 1.54) is 5.56 Å². The van der Waals surface area contributed by atoms with Crippen molar-refractivity contribution in [3.05, 3.63) is 48.5 Å². The van der Waals surface area contributed by atoms with Gasteiger partial charge in [-0.1, -0.05) is 24.3 Å². The van der Waals surface area contributed by atoms with Crippen LogP contribution in [0.25, 0.3) is 11.1 Å². The Morgan fingerprint density at radius 1 is 1.06 bits per heavy atom. The average molecular weight is 227 g/mol. The molecule has 1 N–H and O–H groups in total. The molecule has 1 heterocycles. The molecule has 0 aliphatic carbocycles. The highest BCUT2D eigenvalue weighted by Gasteiger charge is 2.01. The normalized spacial score (nSPS) is 12.4. The average Bonchev–Trinajstić information content (AvgIpc) is 2.40. The monoisotopic (exact) mass is 227 g/mol. The third kappa shape index (κ3) is 3.11. The lowest BCUT2D eigenvalue weighted by atomic mass is 10.0. The van der Waals surface area contributed by atoms with E-state index in [4.69, 9.17) is 0 Å². The van der Waals surface area contributed by atoms with E-state index in [-0.39, 0.29) is 0 Å². The maximum absolute atomic E-state index is 4.02. The molecule has 1 aromatic heterocycles. The van der Waals surface area contributed by atoms with Crippen LogP contribution in [0.15, 0.2) is 43.0 Å². The second kappa shape index (κ2) is 5.55. The summed E-state index contributed by atoms with van der Waals surface area (Å²) in [5.74, 6) is 0. The molecule has 1 atom stereocenters. The molecular formula is C14H17N3. The topological polar surface area (TPSA) is 37.8 Å². The number of likely N-dealkylation sites (N-methyl/N-ethyl adjacent to an activating group) is 1. The number of rotatable bonds is 4. The third-order valence-electron chi connectivity index (χ3n) is 2.88. The Hall–Kier alpha value is -1.74. The van der Waals surface area contributed by atoms with Gasteiger partial charge in [0.05, 0.1) is 0 Å². The first-order chi connectivity index (χ1) is 8.29. The van der Waals surface area contributed by atoms with Gasteiger partial charge in [0.25, 0.3) is 0 Å². The molecule has 0 amide bonds. The van der Waals surface area contributed by atoms with E-state index < -0.39 is 0 Å². The first-order valence-corrected chi connectivity index (χ1v) is 5.81. The Bertz CT molecular complexity index is 451. The maximum atomic E-state index is 4.02. The Labute approximate surface area is 102 Å². The van der Waals surface area contributed by atoms with Crippen molar-refractivity contribution >= 4 is 0 Å². The van der Waals surface area contributed by atoms with Crippen molar-refractivity contribution in [3.8, 4) is 11.1 Å². The molecule has 3 nitrogen and oxygen atoms in total. The lowest BCUT2D eigenvalue weighted by Gasteiger charge is -2.10. The summed E-state index contributed by atoms with van der Waals surface area (Å²) >= 11 is 0. The standard InChI is InChI=1S/C14H17N3/c1-11(15-2)7-12-3-5-13(6-4-12)14-8-16-10-17-9-14/h3-6,8-11,15H,7H2,1-2H3. The van der Waals surface area contributed by atoms with Crippen molar-refractivity contribution in [2.45, 2.75) is 19.4 Å². The molecule has 1 aromatic carbocycles. The molecule has 1 unspecified atom stereocenters. The predicted octanol–water partition coefficient (Wildman–Crippen LogP) is 2.29. The molecular weight excluding hydrogens is 210 g/mol. The Balaban J connectivity index is 2.13. The van der Waals surface area contributed by atoms with Crippen molar-refractivity contribution in [1.82, 2.24) is 15.3 Å². The van der Waals surface area contributed by atoms with Crippen molar-refractivity contribution in [2.24, 2.45) is 0 Å². The van der Waals surface area contributed by atoms with E-state index in [2.05, 4.69) is 46.5 Å². The van der Waals surface area contributed by atoms with Gasteiger partial charge in [0, 0.05) is 24.0 Å². The van der Waals surface area contributed by atoms with Crippen molar-refractivity contribution in [1.29, 1.82) is 0 Å². The van der Waals surface area contributed by atoms with E-state index in [0.29, 0.717) is 6.04 Å². The van der Waals surface area contributed by atoms with Crippen LogP contribution in [0.5, 0.6) is 0 Å². The molecule has 2 aromatic rings. The van der Waals surface area contributed by atoms with Gasteiger partial charge in [-0.05, 0) is 31.5 Å². The van der Waals surface area contributed by atoms with Gasteiger partial charge in [0.15, 0.2) is 0 Å². The van der Waals surface area contributed by atoms with Gasteiger partial charge in [0.2, 0.25) is 0 Å². The highest BCUT2D eigenvalue weighted by molar-refractivity contribution is 5.61. The molecule has 2 rings (SSSR count). The largest absolute Gasteiger partial charge is 0.317 e. The van der Waals surface area contributed by atoms with Crippen molar-refractivity contribution in [2.75, 3.05) is 7.05 Å². The van der Waals surface area contributed by atoms with Crippen LogP contribution in [-0.2, 0) is 6.42 Å². The van der Waals surface area contributed by atoms with E-state index in [1.54, 1.807) is 6.33 Å². The highest BCUT2D eigenvalue weighted by Crippen LogP contribution is 2.18. The van der Waals surface area contributed by atoms with Crippen LogP contribution in [0, 0.1) is 0 Å². The van der Waals surface area contributed by atoms with Gasteiger partial charge in [-0.2, -0.15) is 0 Å². The minimum atomic E-state index is 0.501. The highest BCUT2D eigenvalue weighted by atomic mass is 14.8. The molecule has 17 heavy (non-hydrogen) atoms. The number of nitrogens with one attached hydrogen (secondary N) is 1. The molecule has 0 radical (unpaired) electrons. The fourth-order valence-corrected chi connectivity index (χ4v) is 1.74. The Kier molecular flexibility index (Phi) is 3.83. The van der Waals surface area contributed by atoms with E-state index in [1.807, 2.05) is 19.4 Å². The number of nitrogens with zero attached hydrogens (tertiary/aromatic N) is 2. The van der Waals surface area contributed by atoms with Crippen LogP contribution in [-0.4, -0.2) is 23.1 Å². The molecule has 0 spiro atoms. The summed E-state index contributed by atoms with van der Waals surface area (Å²) in [7, 11) is 1.99. The van der Waals surface area contributed by atoms with Crippen LogP contribution in [0.4, 0.5) is 0 Å². The minimum Gasteiger partial charge on any atom is -0.317 e. The summed E-state index contributed by atoms with van der Waals surface area (Å²) in [6.07, 6.45) is 6.25.